The molecule has 1 rings (SSSR count). The molecule has 0 bridgehead atoms. The molecule has 4 unspecified atom stereocenters. The van der Waals surface area contributed by atoms with Crippen molar-refractivity contribution in [2.24, 2.45) is 17.2 Å². The Morgan fingerprint density at radius 3 is 1.94 bits per heavy atom. The Morgan fingerprint density at radius 2 is 1.44 bits per heavy atom. The first-order valence-electron chi connectivity index (χ1n) is 11.3. The molecule has 11 heteroatoms. The number of carbonyl (C=O) groups is 4. The van der Waals surface area contributed by atoms with Crippen molar-refractivity contribution in [2.75, 3.05) is 6.54 Å². The van der Waals surface area contributed by atoms with Crippen LogP contribution in [0.5, 0.6) is 5.75 Å². The Bertz CT molecular complexity index is 866. The molecule has 34 heavy (non-hydrogen) atoms. The number of aryl methyl sites for hydroxylation is 2. The van der Waals surface area contributed by atoms with Gasteiger partial charge in [0.15, 0.2) is 0 Å². The van der Waals surface area contributed by atoms with Gasteiger partial charge in [-0.05, 0) is 82.3 Å². The lowest BCUT2D eigenvalue weighted by atomic mass is 9.95. The first kappa shape index (κ1) is 28.9. The second kappa shape index (κ2) is 13.5. The van der Waals surface area contributed by atoms with Gasteiger partial charge in [-0.25, -0.2) is 0 Å². The summed E-state index contributed by atoms with van der Waals surface area (Å²) in [5.74, 6) is -2.28. The summed E-state index contributed by atoms with van der Waals surface area (Å²) in [6.07, 6.45) is 1.61. The lowest BCUT2D eigenvalue weighted by molar-refractivity contribution is -0.133. The van der Waals surface area contributed by atoms with E-state index in [1.807, 2.05) is 0 Å². The van der Waals surface area contributed by atoms with Crippen molar-refractivity contribution < 1.29 is 24.3 Å². The van der Waals surface area contributed by atoms with Crippen LogP contribution in [0.4, 0.5) is 0 Å². The fourth-order valence-corrected chi connectivity index (χ4v) is 3.43. The van der Waals surface area contributed by atoms with Gasteiger partial charge in [-0.3, -0.25) is 19.2 Å². The van der Waals surface area contributed by atoms with Crippen LogP contribution in [0, 0.1) is 13.8 Å². The summed E-state index contributed by atoms with van der Waals surface area (Å²) in [6.45, 7) is 6.94. The number of primary amides is 1. The van der Waals surface area contributed by atoms with E-state index in [4.69, 9.17) is 17.2 Å². The summed E-state index contributed by atoms with van der Waals surface area (Å²) >= 11 is 0. The molecule has 0 aliphatic rings. The van der Waals surface area contributed by atoms with Crippen LogP contribution in [0.25, 0.3) is 0 Å². The molecule has 1 aromatic carbocycles. The van der Waals surface area contributed by atoms with E-state index in [1.54, 1.807) is 26.0 Å². The van der Waals surface area contributed by atoms with Crippen molar-refractivity contribution in [3.05, 3.63) is 28.8 Å². The molecule has 11 nitrogen and oxygen atoms in total. The minimum Gasteiger partial charge on any atom is -0.508 e. The predicted molar refractivity (Wildman–Crippen MR) is 129 cm³/mol. The Balaban J connectivity index is 3.17. The normalized spacial score (nSPS) is 14.4. The molecule has 0 spiro atoms. The highest BCUT2D eigenvalue weighted by atomic mass is 16.3. The van der Waals surface area contributed by atoms with Crippen LogP contribution < -0.4 is 33.2 Å². The number of amides is 4. The average Bonchev–Trinajstić information content (AvgIpc) is 2.74. The van der Waals surface area contributed by atoms with Gasteiger partial charge in [-0.1, -0.05) is 0 Å². The summed E-state index contributed by atoms with van der Waals surface area (Å²) in [5, 5.41) is 17.6. The van der Waals surface area contributed by atoms with Crippen molar-refractivity contribution in [1.29, 1.82) is 0 Å². The van der Waals surface area contributed by atoms with Crippen LogP contribution in [0.15, 0.2) is 12.1 Å². The highest BCUT2D eigenvalue weighted by Gasteiger charge is 2.29. The zero-order valence-corrected chi connectivity index (χ0v) is 20.3. The molecule has 4 amide bonds. The molecule has 0 aliphatic carbocycles. The van der Waals surface area contributed by atoms with Gasteiger partial charge in [0.1, 0.15) is 23.9 Å². The number of aromatic hydroxyl groups is 1. The van der Waals surface area contributed by atoms with E-state index in [9.17, 15) is 24.3 Å². The molecule has 0 saturated heterocycles. The van der Waals surface area contributed by atoms with Crippen molar-refractivity contribution in [3.63, 3.8) is 0 Å². The van der Waals surface area contributed by atoms with Gasteiger partial charge in [0, 0.05) is 6.42 Å². The molecule has 190 valence electrons. The number of benzene rings is 1. The van der Waals surface area contributed by atoms with Gasteiger partial charge in [0.05, 0.1) is 6.04 Å². The van der Waals surface area contributed by atoms with Crippen LogP contribution in [0.1, 0.15) is 49.8 Å². The number of phenols is 1. The molecule has 0 aliphatic heterocycles. The molecule has 0 radical (unpaired) electrons. The Hall–Kier alpha value is -3.18. The van der Waals surface area contributed by atoms with Gasteiger partial charge in [0.2, 0.25) is 23.6 Å². The van der Waals surface area contributed by atoms with E-state index in [1.165, 1.54) is 13.8 Å². The van der Waals surface area contributed by atoms with Gasteiger partial charge in [0.25, 0.3) is 0 Å². The molecule has 1 aromatic rings. The van der Waals surface area contributed by atoms with Crippen molar-refractivity contribution >= 4 is 23.6 Å². The lowest BCUT2D eigenvalue weighted by Crippen LogP contribution is -2.57. The minimum absolute atomic E-state index is 0.0968. The van der Waals surface area contributed by atoms with Crippen molar-refractivity contribution in [2.45, 2.75) is 77.5 Å². The topological polar surface area (TPSA) is 203 Å². The van der Waals surface area contributed by atoms with E-state index in [0.29, 0.717) is 19.4 Å². The maximum absolute atomic E-state index is 13.3. The molecule has 0 aromatic heterocycles. The van der Waals surface area contributed by atoms with Crippen molar-refractivity contribution in [1.82, 2.24) is 16.0 Å². The molecule has 0 fully saturated rings. The van der Waals surface area contributed by atoms with Gasteiger partial charge in [-0.2, -0.15) is 0 Å². The maximum Gasteiger partial charge on any atom is 0.243 e. The van der Waals surface area contributed by atoms with E-state index in [-0.39, 0.29) is 18.6 Å². The quantitative estimate of drug-likeness (QED) is 0.176. The largest absolute Gasteiger partial charge is 0.508 e. The van der Waals surface area contributed by atoms with Crippen LogP contribution in [-0.4, -0.2) is 59.4 Å². The van der Waals surface area contributed by atoms with Gasteiger partial charge in [-0.15, -0.1) is 0 Å². The molecular formula is C23H38N6O5. The summed E-state index contributed by atoms with van der Waals surface area (Å²) in [5.41, 5.74) is 18.7. The lowest BCUT2D eigenvalue weighted by Gasteiger charge is -2.25. The molecule has 4 atom stereocenters. The van der Waals surface area contributed by atoms with E-state index < -0.39 is 47.8 Å². The highest BCUT2D eigenvalue weighted by Crippen LogP contribution is 2.22. The number of unbranched alkanes of at least 4 members (excludes halogenated alkanes) is 1. The average molecular weight is 479 g/mol. The highest BCUT2D eigenvalue weighted by molar-refractivity contribution is 5.94. The Kier molecular flexibility index (Phi) is 11.5. The smallest absolute Gasteiger partial charge is 0.243 e. The first-order valence-corrected chi connectivity index (χ1v) is 11.3. The minimum atomic E-state index is -1.03. The first-order chi connectivity index (χ1) is 15.9. The van der Waals surface area contributed by atoms with Crippen LogP contribution in [-0.2, 0) is 25.6 Å². The Morgan fingerprint density at radius 1 is 0.912 bits per heavy atom. The van der Waals surface area contributed by atoms with Crippen LogP contribution in [0.2, 0.25) is 0 Å². The summed E-state index contributed by atoms with van der Waals surface area (Å²) in [4.78, 5) is 49.7. The third-order valence-corrected chi connectivity index (χ3v) is 5.50. The van der Waals surface area contributed by atoms with Crippen LogP contribution >= 0.6 is 0 Å². The maximum atomic E-state index is 13.3. The second-order valence-electron chi connectivity index (χ2n) is 8.59. The Labute approximate surface area is 200 Å². The van der Waals surface area contributed by atoms with E-state index >= 15 is 0 Å². The monoisotopic (exact) mass is 478 g/mol. The number of nitrogens with one attached hydrogen (secondary N) is 3. The summed E-state index contributed by atoms with van der Waals surface area (Å²) in [7, 11) is 0. The van der Waals surface area contributed by atoms with Gasteiger partial charge < -0.3 is 38.3 Å². The predicted octanol–water partition coefficient (Wildman–Crippen LogP) is -1.01. The summed E-state index contributed by atoms with van der Waals surface area (Å²) in [6, 6.07) is -0.621. The van der Waals surface area contributed by atoms with E-state index in [2.05, 4.69) is 16.0 Å². The third-order valence-electron chi connectivity index (χ3n) is 5.50. The zero-order valence-electron chi connectivity index (χ0n) is 20.3. The SMILES string of the molecule is Cc1cc(O)cc(C)c1CC(NC(=O)C(C)N)C(=O)NC(CCCCN)C(=O)NC(C)C(N)=O. The fourth-order valence-electron chi connectivity index (χ4n) is 3.43. The van der Waals surface area contributed by atoms with Crippen molar-refractivity contribution in [3.8, 4) is 5.75 Å². The number of carbonyl (C=O) groups excluding carboxylic acids is 4. The van der Waals surface area contributed by atoms with Gasteiger partial charge >= 0.3 is 0 Å². The molecular weight excluding hydrogens is 440 g/mol. The third kappa shape index (κ3) is 8.99. The molecule has 0 heterocycles. The standard InChI is InChI=1S/C23H38N6O5/c1-12-9-16(30)10-13(2)17(12)11-19(29-21(32)14(3)25)23(34)28-18(7-5-6-8-24)22(33)27-15(4)20(26)31/h9-10,14-15,18-19,30H,5-8,11,24-25H2,1-4H3,(H2,26,31)(H,27,33)(H,28,34)(H,29,32). The number of rotatable bonds is 13. The zero-order chi connectivity index (χ0) is 26.0. The molecule has 10 N–H and O–H groups in total. The number of nitrogens with two attached hydrogens (primary N) is 3. The van der Waals surface area contributed by atoms with E-state index in [0.717, 1.165) is 16.7 Å². The molecule has 0 saturated carbocycles. The summed E-state index contributed by atoms with van der Waals surface area (Å²) < 4.78 is 0. The second-order valence-corrected chi connectivity index (χ2v) is 8.59. The van der Waals surface area contributed by atoms with Crippen LogP contribution in [0.3, 0.4) is 0 Å². The number of hydrogen-bond acceptors (Lipinski definition) is 7. The fraction of sp³-hybridized carbons (Fsp3) is 0.565. The number of hydrogen-bond donors (Lipinski definition) is 7. The number of phenolic OH excluding ortho intramolecular Hbond substituents is 1.